The van der Waals surface area contributed by atoms with E-state index < -0.39 is 11.4 Å². The standard InChI is InChI=1S/C25H19N7O/c26-7-6-25(12-16(13-25)14-27)32-30-15-23(31-32)21-10-19(11-22-20(21)5-2-8-29-22)17-3-1-4-18(9-17)24(28)33/h1-5,8-11,15-16H,6,12-13H2,(H2,28,33). The number of carbonyl (C=O) groups excluding carboxylic acids is 1. The predicted molar refractivity (Wildman–Crippen MR) is 121 cm³/mol. The summed E-state index contributed by atoms with van der Waals surface area (Å²) in [6, 6.07) is 19.4. The molecular weight excluding hydrogens is 414 g/mol. The monoisotopic (exact) mass is 433 g/mol. The van der Waals surface area contributed by atoms with Crippen LogP contribution in [0.1, 0.15) is 29.6 Å². The molecule has 160 valence electrons. The van der Waals surface area contributed by atoms with Gasteiger partial charge in [0.25, 0.3) is 0 Å². The summed E-state index contributed by atoms with van der Waals surface area (Å²) in [5.74, 6) is -0.573. The molecule has 0 unspecified atom stereocenters. The van der Waals surface area contributed by atoms with Gasteiger partial charge in [-0.05, 0) is 54.3 Å². The first-order valence-corrected chi connectivity index (χ1v) is 10.5. The molecule has 0 spiro atoms. The number of amides is 1. The van der Waals surface area contributed by atoms with Gasteiger partial charge in [0.15, 0.2) is 0 Å². The van der Waals surface area contributed by atoms with E-state index in [9.17, 15) is 15.3 Å². The molecule has 4 aromatic rings. The molecule has 1 amide bonds. The summed E-state index contributed by atoms with van der Waals surface area (Å²) in [6.45, 7) is 0. The minimum absolute atomic E-state index is 0.0845. The largest absolute Gasteiger partial charge is 0.366 e. The molecule has 5 rings (SSSR count). The smallest absolute Gasteiger partial charge is 0.248 e. The van der Waals surface area contributed by atoms with Gasteiger partial charge in [-0.3, -0.25) is 9.78 Å². The lowest BCUT2D eigenvalue weighted by Gasteiger charge is -2.42. The van der Waals surface area contributed by atoms with E-state index in [2.05, 4.69) is 22.2 Å². The summed E-state index contributed by atoms with van der Waals surface area (Å²) in [5, 5.41) is 28.7. The van der Waals surface area contributed by atoms with E-state index in [0.29, 0.717) is 24.1 Å². The minimum Gasteiger partial charge on any atom is -0.366 e. The number of rotatable bonds is 5. The Morgan fingerprint density at radius 3 is 2.76 bits per heavy atom. The van der Waals surface area contributed by atoms with Crippen molar-refractivity contribution >= 4 is 16.8 Å². The number of hydrogen-bond acceptors (Lipinski definition) is 6. The maximum Gasteiger partial charge on any atom is 0.248 e. The molecular formula is C25H19N7O. The van der Waals surface area contributed by atoms with Crippen molar-refractivity contribution in [3.63, 3.8) is 0 Å². The number of primary amides is 1. The van der Waals surface area contributed by atoms with E-state index >= 15 is 0 Å². The van der Waals surface area contributed by atoms with Crippen LogP contribution in [-0.2, 0) is 5.54 Å². The third kappa shape index (κ3) is 3.48. The molecule has 2 aromatic carbocycles. The van der Waals surface area contributed by atoms with Crippen molar-refractivity contribution in [2.75, 3.05) is 0 Å². The van der Waals surface area contributed by atoms with Crippen LogP contribution in [0.25, 0.3) is 33.3 Å². The molecule has 0 atom stereocenters. The molecule has 1 saturated carbocycles. The third-order valence-electron chi connectivity index (χ3n) is 6.24. The second kappa shape index (κ2) is 7.85. The first kappa shape index (κ1) is 20.3. The summed E-state index contributed by atoms with van der Waals surface area (Å²) in [7, 11) is 0. The quantitative estimate of drug-likeness (QED) is 0.509. The van der Waals surface area contributed by atoms with Gasteiger partial charge in [-0.1, -0.05) is 18.2 Å². The zero-order valence-corrected chi connectivity index (χ0v) is 17.6. The van der Waals surface area contributed by atoms with Gasteiger partial charge in [-0.25, -0.2) is 0 Å². The van der Waals surface area contributed by atoms with Crippen molar-refractivity contribution in [3.05, 3.63) is 66.5 Å². The van der Waals surface area contributed by atoms with Gasteiger partial charge in [0.2, 0.25) is 5.91 Å². The number of aromatic nitrogens is 4. The second-order valence-corrected chi connectivity index (χ2v) is 8.35. The van der Waals surface area contributed by atoms with Gasteiger partial charge in [-0.15, -0.1) is 0 Å². The predicted octanol–water partition coefficient (Wildman–Crippen LogP) is 3.80. The Hall–Kier alpha value is -4.56. The van der Waals surface area contributed by atoms with Crippen LogP contribution in [0.4, 0.5) is 0 Å². The second-order valence-electron chi connectivity index (χ2n) is 8.35. The van der Waals surface area contributed by atoms with Crippen LogP contribution in [-0.4, -0.2) is 25.9 Å². The fourth-order valence-corrected chi connectivity index (χ4v) is 4.50. The maximum atomic E-state index is 11.7. The fourth-order valence-electron chi connectivity index (χ4n) is 4.50. The number of nitrogens with zero attached hydrogens (tertiary/aromatic N) is 6. The van der Waals surface area contributed by atoms with Gasteiger partial charge in [0.05, 0.1) is 41.7 Å². The normalized spacial score (nSPS) is 19.4. The molecule has 1 aliphatic rings. The Bertz CT molecular complexity index is 1470. The first-order chi connectivity index (χ1) is 16.0. The highest BCUT2D eigenvalue weighted by molar-refractivity contribution is 5.98. The van der Waals surface area contributed by atoms with Crippen LogP contribution >= 0.6 is 0 Å². The number of benzene rings is 2. The molecule has 2 aromatic heterocycles. The highest BCUT2D eigenvalue weighted by Gasteiger charge is 2.48. The number of nitrogens with two attached hydrogens (primary N) is 1. The summed E-state index contributed by atoms with van der Waals surface area (Å²) < 4.78 is 0. The highest BCUT2D eigenvalue weighted by atomic mass is 16.1. The lowest BCUT2D eigenvalue weighted by Crippen LogP contribution is -2.47. The van der Waals surface area contributed by atoms with Gasteiger partial charge >= 0.3 is 0 Å². The molecule has 2 N–H and O–H groups in total. The summed E-state index contributed by atoms with van der Waals surface area (Å²) in [6.07, 6.45) is 4.79. The zero-order valence-electron chi connectivity index (χ0n) is 17.6. The molecule has 2 heterocycles. The Labute approximate surface area is 189 Å². The number of nitriles is 2. The number of carbonyl (C=O) groups is 1. The maximum absolute atomic E-state index is 11.7. The van der Waals surface area contributed by atoms with Crippen LogP contribution < -0.4 is 5.73 Å². The fraction of sp³-hybridized carbons (Fsp3) is 0.200. The number of hydrogen-bond donors (Lipinski definition) is 1. The summed E-state index contributed by atoms with van der Waals surface area (Å²) in [5.41, 5.74) is 9.33. The first-order valence-electron chi connectivity index (χ1n) is 10.5. The highest BCUT2D eigenvalue weighted by Crippen LogP contribution is 2.45. The lowest BCUT2D eigenvalue weighted by molar-refractivity contribution is 0.0713. The van der Waals surface area contributed by atoms with E-state index in [1.165, 1.54) is 0 Å². The lowest BCUT2D eigenvalue weighted by atomic mass is 9.68. The Morgan fingerprint density at radius 2 is 2.00 bits per heavy atom. The Kier molecular flexibility index (Phi) is 4.84. The average Bonchev–Trinajstić information content (AvgIpc) is 3.31. The molecule has 8 heteroatoms. The van der Waals surface area contributed by atoms with Crippen molar-refractivity contribution in [1.82, 2.24) is 20.0 Å². The van der Waals surface area contributed by atoms with Crippen molar-refractivity contribution in [3.8, 4) is 34.5 Å². The van der Waals surface area contributed by atoms with Crippen molar-refractivity contribution in [1.29, 1.82) is 10.5 Å². The van der Waals surface area contributed by atoms with Gasteiger partial charge in [0, 0.05) is 22.7 Å². The zero-order chi connectivity index (χ0) is 23.0. The molecule has 0 radical (unpaired) electrons. The number of fused-ring (bicyclic) bond motifs is 1. The SMILES string of the molecule is N#CCC1(n2ncc(-c3cc(-c4cccc(C(N)=O)c4)cc4ncccc34)n2)CC(C#N)C1. The van der Waals surface area contributed by atoms with E-state index in [4.69, 9.17) is 10.8 Å². The molecule has 0 aliphatic heterocycles. The van der Waals surface area contributed by atoms with E-state index in [-0.39, 0.29) is 12.3 Å². The van der Waals surface area contributed by atoms with Crippen LogP contribution in [0.15, 0.2) is 60.9 Å². The van der Waals surface area contributed by atoms with Crippen LogP contribution in [0, 0.1) is 28.6 Å². The van der Waals surface area contributed by atoms with E-state index in [1.54, 1.807) is 35.4 Å². The van der Waals surface area contributed by atoms with Crippen LogP contribution in [0.5, 0.6) is 0 Å². The van der Waals surface area contributed by atoms with Crippen molar-refractivity contribution < 1.29 is 4.79 Å². The summed E-state index contributed by atoms with van der Waals surface area (Å²) in [4.78, 5) is 17.8. The van der Waals surface area contributed by atoms with Crippen molar-refractivity contribution in [2.45, 2.75) is 24.8 Å². The van der Waals surface area contributed by atoms with E-state index in [1.807, 2.05) is 30.3 Å². The van der Waals surface area contributed by atoms with Gasteiger partial charge < -0.3 is 5.73 Å². The van der Waals surface area contributed by atoms with Gasteiger partial charge in [0.1, 0.15) is 5.69 Å². The molecule has 33 heavy (non-hydrogen) atoms. The number of pyridine rings is 1. The van der Waals surface area contributed by atoms with Crippen LogP contribution in [0.2, 0.25) is 0 Å². The summed E-state index contributed by atoms with van der Waals surface area (Å²) >= 11 is 0. The Balaban J connectivity index is 1.62. The average molecular weight is 433 g/mol. The third-order valence-corrected chi connectivity index (χ3v) is 6.24. The minimum atomic E-state index is -0.547. The molecule has 8 nitrogen and oxygen atoms in total. The molecule has 0 bridgehead atoms. The Morgan fingerprint density at radius 1 is 1.15 bits per heavy atom. The topological polar surface area (TPSA) is 134 Å². The molecule has 1 fully saturated rings. The molecule has 1 aliphatic carbocycles. The van der Waals surface area contributed by atoms with Crippen LogP contribution in [0.3, 0.4) is 0 Å². The van der Waals surface area contributed by atoms with Crippen molar-refractivity contribution in [2.24, 2.45) is 11.7 Å². The van der Waals surface area contributed by atoms with Gasteiger partial charge in [-0.2, -0.15) is 25.5 Å². The molecule has 0 saturated heterocycles. The van der Waals surface area contributed by atoms with E-state index in [0.717, 1.165) is 27.6 Å².